The van der Waals surface area contributed by atoms with Crippen molar-refractivity contribution in [3.63, 3.8) is 0 Å². The van der Waals surface area contributed by atoms with Crippen LogP contribution in [0, 0.1) is 0 Å². The van der Waals surface area contributed by atoms with Gasteiger partial charge in [-0.05, 0) is 271 Å². The summed E-state index contributed by atoms with van der Waals surface area (Å²) >= 11 is 0. The fraction of sp³-hybridized carbons (Fsp3) is 0.0137. The van der Waals surface area contributed by atoms with Crippen LogP contribution in [0.1, 0.15) is 44.5 Å². The minimum absolute atomic E-state index is 0.572. The maximum absolute atomic E-state index is 2.52. The number of anilines is 6. The highest BCUT2D eigenvalue weighted by Crippen LogP contribution is 2.62. The summed E-state index contributed by atoms with van der Waals surface area (Å²) in [5.74, 6) is 0. The average Bonchev–Trinajstić information content (AvgIpc) is 1.53. The summed E-state index contributed by atoms with van der Waals surface area (Å²) in [6, 6.07) is 221. The Labute approximate surface area is 873 Å². The lowest BCUT2D eigenvalue weighted by Gasteiger charge is -2.34. The van der Waals surface area contributed by atoms with Crippen LogP contribution in [0.25, 0.3) is 177 Å². The SMILES string of the molecule is c1ccc(-c2ccccc2-c2c(-c3ccccc3)cccc2N(c2ccc(-c3ccc4c5ccccc5n(-c5cccc(-c6ccc(C7(c8ccccc8)c8ccccc8-c8cc(N(c9ccc(-c%10ccc%11c(c%10)c%10ccccc%10n%11-c%10ccccc%10)cc9)c9cccc(-c%10ccccc%10)c9-c9ccccc9-c9ccccc9)ccc87)cc6)c5)c4c3)cc2)c2ccc3c(c2)-c2ccccc2C3(c2ccccc2)c2ccccc2)cc1. The highest BCUT2D eigenvalue weighted by atomic mass is 15.2. The lowest BCUT2D eigenvalue weighted by Crippen LogP contribution is -2.28. The summed E-state index contributed by atoms with van der Waals surface area (Å²) in [6.45, 7) is 0. The molecule has 150 heavy (non-hydrogen) atoms. The van der Waals surface area contributed by atoms with Gasteiger partial charge in [-0.15, -0.1) is 0 Å². The fourth-order valence-corrected chi connectivity index (χ4v) is 25.0. The van der Waals surface area contributed by atoms with Crippen molar-refractivity contribution in [3.05, 3.63) is 639 Å². The molecular formula is C146H98N4. The maximum atomic E-state index is 2.52. The molecule has 4 heteroatoms. The van der Waals surface area contributed by atoms with Crippen LogP contribution in [0.15, 0.2) is 595 Å². The summed E-state index contributed by atoms with van der Waals surface area (Å²) in [6.07, 6.45) is 0. The monoisotopic (exact) mass is 1910 g/mol. The molecule has 0 bridgehead atoms. The molecular weight excluding hydrogens is 1810 g/mol. The van der Waals surface area contributed by atoms with Gasteiger partial charge in [0.25, 0.3) is 0 Å². The van der Waals surface area contributed by atoms with E-state index in [-0.39, 0.29) is 0 Å². The molecule has 4 nitrogen and oxygen atoms in total. The number of hydrogen-bond acceptors (Lipinski definition) is 2. The van der Waals surface area contributed by atoms with Crippen molar-refractivity contribution in [2.24, 2.45) is 0 Å². The molecule has 0 amide bonds. The van der Waals surface area contributed by atoms with Gasteiger partial charge in [0, 0.05) is 66.8 Å². The molecule has 24 aromatic carbocycles. The molecule has 0 N–H and O–H groups in total. The van der Waals surface area contributed by atoms with Crippen LogP contribution >= 0.6 is 0 Å². The van der Waals surface area contributed by atoms with Gasteiger partial charge in [0.05, 0.1) is 44.3 Å². The zero-order valence-electron chi connectivity index (χ0n) is 82.4. The Bertz CT molecular complexity index is 9600. The van der Waals surface area contributed by atoms with Crippen molar-refractivity contribution >= 4 is 77.7 Å². The molecule has 0 saturated carbocycles. The van der Waals surface area contributed by atoms with E-state index < -0.39 is 10.8 Å². The Kier molecular flexibility index (Phi) is 21.7. The van der Waals surface area contributed by atoms with Gasteiger partial charge in [-0.1, -0.05) is 479 Å². The van der Waals surface area contributed by atoms with Crippen molar-refractivity contribution < 1.29 is 0 Å². The molecule has 2 aliphatic rings. The van der Waals surface area contributed by atoms with E-state index in [1.165, 1.54) is 99.3 Å². The number of aromatic nitrogens is 2. The molecule has 1 unspecified atom stereocenters. The Hall–Kier alpha value is -19.5. The van der Waals surface area contributed by atoms with Crippen LogP contribution < -0.4 is 9.80 Å². The first-order valence-electron chi connectivity index (χ1n) is 51.9. The topological polar surface area (TPSA) is 16.3 Å². The van der Waals surface area contributed by atoms with E-state index in [0.29, 0.717) is 0 Å². The van der Waals surface area contributed by atoms with Crippen molar-refractivity contribution in [1.29, 1.82) is 0 Å². The average molecular weight is 1910 g/mol. The Morgan fingerprint density at radius 3 is 0.893 bits per heavy atom. The second-order valence-electron chi connectivity index (χ2n) is 39.5. The fourth-order valence-electron chi connectivity index (χ4n) is 25.0. The van der Waals surface area contributed by atoms with Crippen LogP contribution in [0.2, 0.25) is 0 Å². The molecule has 2 aromatic heterocycles. The zero-order valence-corrected chi connectivity index (χ0v) is 82.4. The van der Waals surface area contributed by atoms with Crippen LogP contribution in [-0.4, -0.2) is 9.13 Å². The number of fused-ring (bicyclic) bond motifs is 12. The quantitative estimate of drug-likeness (QED) is 0.0713. The molecule has 702 valence electrons. The van der Waals surface area contributed by atoms with Crippen LogP contribution in [-0.2, 0) is 10.8 Å². The smallest absolute Gasteiger partial charge is 0.0713 e. The van der Waals surface area contributed by atoms with E-state index in [4.69, 9.17) is 0 Å². The van der Waals surface area contributed by atoms with Gasteiger partial charge in [0.2, 0.25) is 0 Å². The molecule has 0 radical (unpaired) electrons. The number of rotatable bonds is 21. The van der Waals surface area contributed by atoms with Crippen LogP contribution in [0.5, 0.6) is 0 Å². The van der Waals surface area contributed by atoms with Crippen LogP contribution in [0.3, 0.4) is 0 Å². The summed E-state index contributed by atoms with van der Waals surface area (Å²) in [5, 5.41) is 4.82. The van der Waals surface area contributed by atoms with E-state index in [1.54, 1.807) is 0 Å². The molecule has 0 aliphatic heterocycles. The van der Waals surface area contributed by atoms with Gasteiger partial charge in [0.1, 0.15) is 0 Å². The maximum Gasteiger partial charge on any atom is 0.0713 e. The molecule has 0 spiro atoms. The van der Waals surface area contributed by atoms with E-state index >= 15 is 0 Å². The Balaban J connectivity index is 0.558. The van der Waals surface area contributed by atoms with Crippen molar-refractivity contribution in [3.8, 4) is 134 Å². The Morgan fingerprint density at radius 1 is 0.140 bits per heavy atom. The van der Waals surface area contributed by atoms with Crippen molar-refractivity contribution in [1.82, 2.24) is 9.13 Å². The first kappa shape index (κ1) is 88.2. The Morgan fingerprint density at radius 2 is 0.433 bits per heavy atom. The summed E-state index contributed by atoms with van der Waals surface area (Å²) < 4.78 is 4.87. The molecule has 1 atom stereocenters. The summed E-state index contributed by atoms with van der Waals surface area (Å²) in [5.41, 5.74) is 47.0. The third kappa shape index (κ3) is 14.6. The molecule has 0 fully saturated rings. The molecule has 26 aromatic rings. The minimum atomic E-state index is -0.718. The summed E-state index contributed by atoms with van der Waals surface area (Å²) in [4.78, 5) is 5.04. The predicted octanol–water partition coefficient (Wildman–Crippen LogP) is 38.5. The van der Waals surface area contributed by atoms with Gasteiger partial charge < -0.3 is 18.9 Å². The lowest BCUT2D eigenvalue weighted by atomic mass is 9.67. The second kappa shape index (κ2) is 37.0. The zero-order chi connectivity index (χ0) is 99.2. The predicted molar refractivity (Wildman–Crippen MR) is 628 cm³/mol. The number of nitrogens with zero attached hydrogens (tertiary/aromatic N) is 4. The van der Waals surface area contributed by atoms with Crippen molar-refractivity contribution in [2.75, 3.05) is 9.80 Å². The molecule has 0 saturated heterocycles. The standard InChI is InChI=1S/C146H98N4/c1-9-40-102(41-10-1)119-58-25-27-64-128(119)143-121(104-44-13-3-14-45-104)66-38-72-140(143)147(114-84-76-100(77-85-114)107-81-93-139-132(95-107)126-63-32-36-71-138(126)149(139)113-55-23-8-24-56-113)118-89-92-136-131(98-118)124-61-30-34-69-134(124)146(136,111-53-21-7-22-54-111)112-82-74-99(75-83-112)106-48-37-57-116(94-106)150-137-70-35-31-62-125(137)127-90-80-108(96-142(127)150)101-78-86-115(87-79-101)148(141-73-39-67-122(105-46-15-4-16-47-105)144(141)129-65-28-26-59-120(129)103-42-11-2-12-43-103)117-88-91-135-130(97-117)123-60-29-33-68-133(123)145(135,109-49-17-5-18-50-109)110-51-19-6-20-52-110/h1-98H. The highest BCUT2D eigenvalue weighted by molar-refractivity contribution is 6.13. The largest absolute Gasteiger partial charge is 0.310 e. The van der Waals surface area contributed by atoms with E-state index in [1.807, 2.05) is 0 Å². The van der Waals surface area contributed by atoms with Gasteiger partial charge in [-0.2, -0.15) is 0 Å². The first-order valence-corrected chi connectivity index (χ1v) is 51.9. The number of hydrogen-bond donors (Lipinski definition) is 0. The third-order valence-electron chi connectivity index (χ3n) is 31.5. The van der Waals surface area contributed by atoms with Crippen LogP contribution in [0.4, 0.5) is 34.1 Å². The number of benzene rings is 24. The van der Waals surface area contributed by atoms with Gasteiger partial charge in [-0.25, -0.2) is 0 Å². The van der Waals surface area contributed by atoms with E-state index in [2.05, 4.69) is 613 Å². The lowest BCUT2D eigenvalue weighted by molar-refractivity contribution is 0.768. The molecule has 2 heterocycles. The van der Waals surface area contributed by atoms with Gasteiger partial charge in [-0.3, -0.25) is 0 Å². The van der Waals surface area contributed by atoms with Crippen molar-refractivity contribution in [2.45, 2.75) is 10.8 Å². The van der Waals surface area contributed by atoms with Gasteiger partial charge in [0.15, 0.2) is 0 Å². The normalized spacial score (nSPS) is 13.1. The minimum Gasteiger partial charge on any atom is -0.310 e. The molecule has 2 aliphatic carbocycles. The highest BCUT2D eigenvalue weighted by Gasteiger charge is 2.49. The third-order valence-corrected chi connectivity index (χ3v) is 31.5. The van der Waals surface area contributed by atoms with Gasteiger partial charge >= 0.3 is 0 Å². The second-order valence-corrected chi connectivity index (χ2v) is 39.5. The van der Waals surface area contributed by atoms with E-state index in [0.717, 1.165) is 157 Å². The number of para-hydroxylation sites is 3. The van der Waals surface area contributed by atoms with E-state index in [9.17, 15) is 0 Å². The molecule has 28 rings (SSSR count). The first-order chi connectivity index (χ1) is 74.4. The summed E-state index contributed by atoms with van der Waals surface area (Å²) in [7, 11) is 0.